The molecule has 2 aromatic rings. The normalized spacial score (nSPS) is 11.7. The van der Waals surface area contributed by atoms with Crippen LogP contribution in [0, 0.1) is 24.1 Å². The van der Waals surface area contributed by atoms with Gasteiger partial charge in [-0.25, -0.2) is 4.39 Å². The van der Waals surface area contributed by atoms with Crippen LogP contribution in [-0.2, 0) is 6.54 Å². The van der Waals surface area contributed by atoms with Crippen LogP contribution in [0.4, 0.5) is 4.39 Å². The Morgan fingerprint density at radius 1 is 1.26 bits per heavy atom. The topological polar surface area (TPSA) is 69.4 Å². The highest BCUT2D eigenvalue weighted by atomic mass is 127. The van der Waals surface area contributed by atoms with Gasteiger partial charge in [-0.3, -0.25) is 4.99 Å². The van der Waals surface area contributed by atoms with Crippen molar-refractivity contribution >= 4 is 29.9 Å². The number of aliphatic imine (C=N–C) groups is 1. The molecule has 0 spiro atoms. The molecule has 0 aliphatic heterocycles. The van der Waals surface area contributed by atoms with Gasteiger partial charge in [-0.05, 0) is 49.7 Å². The van der Waals surface area contributed by atoms with Gasteiger partial charge in [-0.15, -0.1) is 24.0 Å². The molecule has 0 saturated carbocycles. The third-order valence-electron chi connectivity index (χ3n) is 3.73. The third kappa shape index (κ3) is 7.43. The number of nitriles is 1. The first kappa shape index (κ1) is 22.7. The fourth-order valence-electron chi connectivity index (χ4n) is 2.38. The van der Waals surface area contributed by atoms with E-state index in [1.807, 2.05) is 44.2 Å². The zero-order valence-electron chi connectivity index (χ0n) is 15.6. The Morgan fingerprint density at radius 3 is 2.70 bits per heavy atom. The number of aryl methyl sites for hydroxylation is 1. The van der Waals surface area contributed by atoms with Gasteiger partial charge >= 0.3 is 0 Å². The van der Waals surface area contributed by atoms with Gasteiger partial charge in [0.2, 0.25) is 0 Å². The van der Waals surface area contributed by atoms with Gasteiger partial charge in [0.15, 0.2) is 5.96 Å². The van der Waals surface area contributed by atoms with Crippen LogP contribution in [0.25, 0.3) is 0 Å². The van der Waals surface area contributed by atoms with Crippen LogP contribution in [0.2, 0.25) is 0 Å². The predicted octanol–water partition coefficient (Wildman–Crippen LogP) is 3.76. The van der Waals surface area contributed by atoms with Gasteiger partial charge in [-0.2, -0.15) is 5.26 Å². The van der Waals surface area contributed by atoms with E-state index in [0.717, 1.165) is 11.3 Å². The summed E-state index contributed by atoms with van der Waals surface area (Å²) in [6, 6.07) is 14.2. The van der Waals surface area contributed by atoms with Crippen molar-refractivity contribution in [3.8, 4) is 11.8 Å². The molecule has 0 bridgehead atoms. The van der Waals surface area contributed by atoms with Crippen molar-refractivity contribution in [1.29, 1.82) is 5.26 Å². The van der Waals surface area contributed by atoms with Crippen molar-refractivity contribution < 1.29 is 9.13 Å². The van der Waals surface area contributed by atoms with E-state index in [1.54, 1.807) is 7.05 Å². The molecule has 0 aromatic heterocycles. The average molecular weight is 482 g/mol. The minimum Gasteiger partial charge on any atom is -0.489 e. The monoisotopic (exact) mass is 482 g/mol. The number of halogens is 2. The molecule has 2 N–H and O–H groups in total. The smallest absolute Gasteiger partial charge is 0.191 e. The fraction of sp³-hybridized carbons (Fsp3) is 0.300. The number of nitrogens with one attached hydrogen (secondary N) is 2. The molecular formula is C20H24FIN4O. The molecule has 0 amide bonds. The number of benzene rings is 2. The number of guanidine groups is 1. The molecule has 0 radical (unpaired) electrons. The highest BCUT2D eigenvalue weighted by Crippen LogP contribution is 2.14. The summed E-state index contributed by atoms with van der Waals surface area (Å²) >= 11 is 0. The highest BCUT2D eigenvalue weighted by molar-refractivity contribution is 14.0. The Balaban J connectivity index is 0.00000364. The quantitative estimate of drug-likeness (QED) is 0.374. The second-order valence-corrected chi connectivity index (χ2v) is 5.97. The summed E-state index contributed by atoms with van der Waals surface area (Å²) in [5, 5.41) is 15.1. The lowest BCUT2D eigenvalue weighted by Crippen LogP contribution is -2.41. The van der Waals surface area contributed by atoms with Crippen LogP contribution < -0.4 is 15.4 Å². The van der Waals surface area contributed by atoms with Crippen molar-refractivity contribution in [3.63, 3.8) is 0 Å². The molecule has 27 heavy (non-hydrogen) atoms. The first-order chi connectivity index (χ1) is 12.5. The molecule has 144 valence electrons. The Morgan fingerprint density at radius 2 is 2.04 bits per heavy atom. The van der Waals surface area contributed by atoms with Crippen LogP contribution >= 0.6 is 24.0 Å². The van der Waals surface area contributed by atoms with E-state index >= 15 is 0 Å². The number of nitrogens with zero attached hydrogens (tertiary/aromatic N) is 2. The van der Waals surface area contributed by atoms with Gasteiger partial charge in [0, 0.05) is 19.2 Å². The number of hydrogen-bond acceptors (Lipinski definition) is 3. The lowest BCUT2D eigenvalue weighted by Gasteiger charge is -2.18. The summed E-state index contributed by atoms with van der Waals surface area (Å²) in [4.78, 5) is 4.12. The SMILES string of the molecule is CN=C(NCc1cc(C#N)ccc1F)NCC(C)Oc1cccc(C)c1.I. The van der Waals surface area contributed by atoms with Crippen molar-refractivity contribution in [2.24, 2.45) is 4.99 Å². The number of ether oxygens (including phenoxy) is 1. The van der Waals surface area contributed by atoms with Gasteiger partial charge in [0.05, 0.1) is 18.2 Å². The van der Waals surface area contributed by atoms with E-state index in [0.29, 0.717) is 23.6 Å². The Bertz CT molecular complexity index is 820. The first-order valence-electron chi connectivity index (χ1n) is 8.38. The lowest BCUT2D eigenvalue weighted by atomic mass is 10.1. The van der Waals surface area contributed by atoms with Gasteiger partial charge < -0.3 is 15.4 Å². The molecular weight excluding hydrogens is 458 g/mol. The summed E-state index contributed by atoms with van der Waals surface area (Å²) in [5.41, 5.74) is 1.98. The van der Waals surface area contributed by atoms with Crippen molar-refractivity contribution in [2.45, 2.75) is 26.5 Å². The fourth-order valence-corrected chi connectivity index (χ4v) is 2.38. The summed E-state index contributed by atoms with van der Waals surface area (Å²) < 4.78 is 19.7. The van der Waals surface area contributed by atoms with E-state index in [-0.39, 0.29) is 42.4 Å². The third-order valence-corrected chi connectivity index (χ3v) is 3.73. The summed E-state index contributed by atoms with van der Waals surface area (Å²) in [7, 11) is 1.64. The van der Waals surface area contributed by atoms with E-state index in [4.69, 9.17) is 10.00 Å². The second kappa shape index (κ2) is 11.4. The lowest BCUT2D eigenvalue weighted by molar-refractivity contribution is 0.223. The average Bonchev–Trinajstić information content (AvgIpc) is 2.63. The van der Waals surface area contributed by atoms with E-state index < -0.39 is 0 Å². The van der Waals surface area contributed by atoms with E-state index in [9.17, 15) is 4.39 Å². The largest absolute Gasteiger partial charge is 0.489 e. The van der Waals surface area contributed by atoms with E-state index in [1.165, 1.54) is 18.2 Å². The molecule has 0 aliphatic carbocycles. The van der Waals surface area contributed by atoms with Gasteiger partial charge in [0.25, 0.3) is 0 Å². The van der Waals surface area contributed by atoms with Crippen LogP contribution in [-0.4, -0.2) is 25.7 Å². The molecule has 0 heterocycles. The maximum absolute atomic E-state index is 13.8. The first-order valence-corrected chi connectivity index (χ1v) is 8.38. The van der Waals surface area contributed by atoms with Crippen LogP contribution in [0.5, 0.6) is 5.75 Å². The summed E-state index contributed by atoms with van der Waals surface area (Å²) in [6.07, 6.45) is -0.0750. The van der Waals surface area contributed by atoms with Crippen molar-refractivity contribution in [2.75, 3.05) is 13.6 Å². The maximum Gasteiger partial charge on any atom is 0.191 e. The minimum atomic E-state index is -0.358. The standard InChI is InChI=1S/C20H23FN4O.HI/c1-14-5-4-6-18(9-14)26-15(2)12-24-20(23-3)25-13-17-10-16(11-22)7-8-19(17)21;/h4-10,15H,12-13H2,1-3H3,(H2,23,24,25);1H. The molecule has 0 aliphatic rings. The number of rotatable bonds is 6. The second-order valence-electron chi connectivity index (χ2n) is 5.97. The maximum atomic E-state index is 13.8. The Hall–Kier alpha value is -2.34. The molecule has 0 fully saturated rings. The molecule has 2 rings (SSSR count). The summed E-state index contributed by atoms with van der Waals surface area (Å²) in [6.45, 7) is 4.74. The molecule has 7 heteroatoms. The van der Waals surface area contributed by atoms with E-state index in [2.05, 4.69) is 15.6 Å². The van der Waals surface area contributed by atoms with Crippen LogP contribution in [0.15, 0.2) is 47.5 Å². The van der Waals surface area contributed by atoms with Crippen LogP contribution in [0.3, 0.4) is 0 Å². The number of hydrogen-bond donors (Lipinski definition) is 2. The van der Waals surface area contributed by atoms with Crippen molar-refractivity contribution in [3.05, 3.63) is 65.0 Å². The highest BCUT2D eigenvalue weighted by Gasteiger charge is 2.08. The van der Waals surface area contributed by atoms with Crippen molar-refractivity contribution in [1.82, 2.24) is 10.6 Å². The van der Waals surface area contributed by atoms with Crippen LogP contribution in [0.1, 0.15) is 23.6 Å². The molecule has 0 saturated heterocycles. The zero-order chi connectivity index (χ0) is 18.9. The minimum absolute atomic E-state index is 0. The van der Waals surface area contributed by atoms with Gasteiger partial charge in [0.1, 0.15) is 17.7 Å². The molecule has 5 nitrogen and oxygen atoms in total. The Kier molecular flexibility index (Phi) is 9.58. The zero-order valence-corrected chi connectivity index (χ0v) is 18.0. The predicted molar refractivity (Wildman–Crippen MR) is 116 cm³/mol. The van der Waals surface area contributed by atoms with Gasteiger partial charge in [-0.1, -0.05) is 12.1 Å². The molecule has 1 unspecified atom stereocenters. The molecule has 1 atom stereocenters. The summed E-state index contributed by atoms with van der Waals surface area (Å²) in [5.74, 6) is 0.993. The Labute approximate surface area is 176 Å². The molecule has 2 aromatic carbocycles.